The molecule has 0 aliphatic carbocycles. The van der Waals surface area contributed by atoms with Crippen LogP contribution in [0.5, 0.6) is 0 Å². The standard InChI is InChI=1S/C18H11ClN2S/c19-13-5-7-14(8-6-13)22-16-11-12-3-1-9-20-17(12)18-15(16)4-2-10-21-18/h1-11H. The summed E-state index contributed by atoms with van der Waals surface area (Å²) in [7, 11) is 0. The lowest BCUT2D eigenvalue weighted by molar-refractivity contribution is 1.35. The van der Waals surface area contributed by atoms with Crippen molar-refractivity contribution >= 4 is 45.2 Å². The van der Waals surface area contributed by atoms with Crippen LogP contribution in [0.3, 0.4) is 0 Å². The first-order valence-corrected chi connectivity index (χ1v) is 8.06. The van der Waals surface area contributed by atoms with E-state index in [0.717, 1.165) is 31.7 Å². The maximum Gasteiger partial charge on any atom is 0.0975 e. The average Bonchev–Trinajstić information content (AvgIpc) is 2.57. The lowest BCUT2D eigenvalue weighted by atomic mass is 10.1. The lowest BCUT2D eigenvalue weighted by Gasteiger charge is -2.09. The smallest absolute Gasteiger partial charge is 0.0975 e. The van der Waals surface area contributed by atoms with Crippen molar-refractivity contribution in [1.82, 2.24) is 9.97 Å². The monoisotopic (exact) mass is 322 g/mol. The van der Waals surface area contributed by atoms with Gasteiger partial charge in [-0.15, -0.1) is 0 Å². The predicted molar refractivity (Wildman–Crippen MR) is 92.6 cm³/mol. The van der Waals surface area contributed by atoms with Gasteiger partial charge >= 0.3 is 0 Å². The zero-order chi connectivity index (χ0) is 14.9. The molecular formula is C18H11ClN2S. The van der Waals surface area contributed by atoms with Gasteiger partial charge in [0.25, 0.3) is 0 Å². The molecule has 0 N–H and O–H groups in total. The summed E-state index contributed by atoms with van der Waals surface area (Å²) in [5.74, 6) is 0. The average molecular weight is 323 g/mol. The first kappa shape index (κ1) is 13.6. The van der Waals surface area contributed by atoms with Crippen molar-refractivity contribution in [2.45, 2.75) is 9.79 Å². The molecule has 2 aromatic heterocycles. The van der Waals surface area contributed by atoms with E-state index in [1.165, 1.54) is 4.90 Å². The number of halogens is 1. The predicted octanol–water partition coefficient (Wildman–Crippen LogP) is 5.59. The minimum atomic E-state index is 0.749. The third-order valence-electron chi connectivity index (χ3n) is 3.46. The van der Waals surface area contributed by atoms with E-state index in [2.05, 4.69) is 28.2 Å². The van der Waals surface area contributed by atoms with Crippen molar-refractivity contribution < 1.29 is 0 Å². The van der Waals surface area contributed by atoms with Crippen LogP contribution in [0.1, 0.15) is 0 Å². The number of aromatic nitrogens is 2. The molecule has 106 valence electrons. The highest BCUT2D eigenvalue weighted by Crippen LogP contribution is 2.36. The van der Waals surface area contributed by atoms with Gasteiger partial charge in [0, 0.05) is 38.0 Å². The van der Waals surface area contributed by atoms with E-state index in [1.54, 1.807) is 11.8 Å². The molecule has 0 amide bonds. The highest BCUT2D eigenvalue weighted by Gasteiger charge is 2.09. The first-order valence-electron chi connectivity index (χ1n) is 6.87. The Hall–Kier alpha value is -2.10. The summed E-state index contributed by atoms with van der Waals surface area (Å²) in [5.41, 5.74) is 1.88. The molecule has 0 saturated heterocycles. The molecule has 4 aromatic rings. The molecule has 0 saturated carbocycles. The number of hydrogen-bond acceptors (Lipinski definition) is 3. The number of pyridine rings is 2. The van der Waals surface area contributed by atoms with Gasteiger partial charge in [-0.2, -0.15) is 0 Å². The molecule has 2 heterocycles. The van der Waals surface area contributed by atoms with Crippen LogP contribution in [0.25, 0.3) is 21.8 Å². The molecule has 0 spiro atoms. The minimum absolute atomic E-state index is 0.749. The van der Waals surface area contributed by atoms with Crippen LogP contribution in [0.15, 0.2) is 76.8 Å². The van der Waals surface area contributed by atoms with Crippen LogP contribution in [-0.4, -0.2) is 9.97 Å². The third kappa shape index (κ3) is 2.43. The van der Waals surface area contributed by atoms with E-state index in [9.17, 15) is 0 Å². The molecule has 0 fully saturated rings. The Morgan fingerprint density at radius 1 is 0.818 bits per heavy atom. The molecule has 0 unspecified atom stereocenters. The van der Waals surface area contributed by atoms with Gasteiger partial charge in [0.2, 0.25) is 0 Å². The summed E-state index contributed by atoms with van der Waals surface area (Å²) in [6, 6.07) is 18.1. The van der Waals surface area contributed by atoms with E-state index in [1.807, 2.05) is 48.8 Å². The summed E-state index contributed by atoms with van der Waals surface area (Å²) >= 11 is 7.67. The molecule has 2 nitrogen and oxygen atoms in total. The highest BCUT2D eigenvalue weighted by atomic mass is 35.5. The van der Waals surface area contributed by atoms with Gasteiger partial charge in [0.1, 0.15) is 0 Å². The lowest BCUT2D eigenvalue weighted by Crippen LogP contribution is -1.87. The second kappa shape index (κ2) is 5.59. The van der Waals surface area contributed by atoms with Gasteiger partial charge in [-0.25, -0.2) is 0 Å². The summed E-state index contributed by atoms with van der Waals surface area (Å²) in [4.78, 5) is 11.3. The van der Waals surface area contributed by atoms with Gasteiger partial charge in [-0.05, 0) is 42.5 Å². The van der Waals surface area contributed by atoms with Gasteiger partial charge in [-0.3, -0.25) is 9.97 Å². The Bertz CT molecular complexity index is 967. The SMILES string of the molecule is Clc1ccc(Sc2cc3cccnc3c3ncccc23)cc1. The number of hydrogen-bond donors (Lipinski definition) is 0. The Morgan fingerprint density at radius 2 is 1.55 bits per heavy atom. The van der Waals surface area contributed by atoms with Gasteiger partial charge in [-0.1, -0.05) is 35.5 Å². The van der Waals surface area contributed by atoms with E-state index in [0.29, 0.717) is 0 Å². The molecule has 0 aliphatic rings. The van der Waals surface area contributed by atoms with Crippen LogP contribution in [0.2, 0.25) is 5.02 Å². The van der Waals surface area contributed by atoms with Crippen LogP contribution < -0.4 is 0 Å². The topological polar surface area (TPSA) is 25.8 Å². The molecule has 4 rings (SSSR count). The summed E-state index contributed by atoms with van der Waals surface area (Å²) in [5, 5.41) is 2.97. The Balaban J connectivity index is 1.93. The maximum atomic E-state index is 5.96. The fourth-order valence-electron chi connectivity index (χ4n) is 2.46. The van der Waals surface area contributed by atoms with Gasteiger partial charge < -0.3 is 0 Å². The third-order valence-corrected chi connectivity index (χ3v) is 4.78. The van der Waals surface area contributed by atoms with Crippen molar-refractivity contribution in [3.63, 3.8) is 0 Å². The Morgan fingerprint density at radius 3 is 2.36 bits per heavy atom. The summed E-state index contributed by atoms with van der Waals surface area (Å²) in [6.07, 6.45) is 3.62. The van der Waals surface area contributed by atoms with Gasteiger partial charge in [0.15, 0.2) is 0 Å². The molecule has 0 bridgehead atoms. The van der Waals surface area contributed by atoms with Crippen LogP contribution >= 0.6 is 23.4 Å². The number of rotatable bonds is 2. The number of nitrogens with zero attached hydrogens (tertiary/aromatic N) is 2. The zero-order valence-corrected chi connectivity index (χ0v) is 13.1. The van der Waals surface area contributed by atoms with E-state index < -0.39 is 0 Å². The molecule has 0 radical (unpaired) electrons. The van der Waals surface area contributed by atoms with Crippen molar-refractivity contribution in [3.8, 4) is 0 Å². The number of benzene rings is 2. The Labute approximate surface area is 137 Å². The molecule has 4 heteroatoms. The molecule has 2 aromatic carbocycles. The minimum Gasteiger partial charge on any atom is -0.254 e. The van der Waals surface area contributed by atoms with Gasteiger partial charge in [0.05, 0.1) is 11.0 Å². The fourth-order valence-corrected chi connectivity index (χ4v) is 3.57. The molecular weight excluding hydrogens is 312 g/mol. The van der Waals surface area contributed by atoms with E-state index >= 15 is 0 Å². The fraction of sp³-hybridized carbons (Fsp3) is 0. The number of fused-ring (bicyclic) bond motifs is 3. The van der Waals surface area contributed by atoms with Crippen molar-refractivity contribution in [2.24, 2.45) is 0 Å². The van der Waals surface area contributed by atoms with Crippen molar-refractivity contribution in [3.05, 3.63) is 72.0 Å². The van der Waals surface area contributed by atoms with Crippen LogP contribution in [0, 0.1) is 0 Å². The first-order chi connectivity index (χ1) is 10.8. The summed E-state index contributed by atoms with van der Waals surface area (Å²) < 4.78 is 0. The van der Waals surface area contributed by atoms with Crippen LogP contribution in [0.4, 0.5) is 0 Å². The second-order valence-corrected chi connectivity index (χ2v) is 6.46. The van der Waals surface area contributed by atoms with Crippen LogP contribution in [-0.2, 0) is 0 Å². The largest absolute Gasteiger partial charge is 0.254 e. The highest BCUT2D eigenvalue weighted by molar-refractivity contribution is 7.99. The zero-order valence-electron chi connectivity index (χ0n) is 11.5. The second-order valence-electron chi connectivity index (χ2n) is 4.91. The van der Waals surface area contributed by atoms with Crippen molar-refractivity contribution in [1.29, 1.82) is 0 Å². The molecule has 0 atom stereocenters. The molecule has 22 heavy (non-hydrogen) atoms. The van der Waals surface area contributed by atoms with E-state index in [4.69, 9.17) is 11.6 Å². The normalized spacial score (nSPS) is 11.1. The van der Waals surface area contributed by atoms with Crippen molar-refractivity contribution in [2.75, 3.05) is 0 Å². The Kier molecular flexibility index (Phi) is 3.45. The quantitative estimate of drug-likeness (QED) is 0.450. The molecule has 0 aliphatic heterocycles. The summed E-state index contributed by atoms with van der Waals surface area (Å²) in [6.45, 7) is 0. The van der Waals surface area contributed by atoms with E-state index in [-0.39, 0.29) is 0 Å². The maximum absolute atomic E-state index is 5.96.